The average molecular weight is 264 g/mol. The second-order valence-electron chi connectivity index (χ2n) is 5.04. The maximum absolute atomic E-state index is 12.0. The van der Waals surface area contributed by atoms with Crippen LogP contribution in [0.2, 0.25) is 0 Å². The van der Waals surface area contributed by atoms with Crippen LogP contribution in [0.3, 0.4) is 0 Å². The van der Waals surface area contributed by atoms with Crippen LogP contribution in [0.25, 0.3) is 0 Å². The minimum Gasteiger partial charge on any atom is -0.339 e. The summed E-state index contributed by atoms with van der Waals surface area (Å²) in [5.41, 5.74) is 0. The molecular formula is C14H24N4O. The molecule has 1 fully saturated rings. The number of aliphatic imine (C=N–C) groups is 2. The van der Waals surface area contributed by atoms with Gasteiger partial charge in [0.15, 0.2) is 0 Å². The molecule has 1 rings (SSSR count). The monoisotopic (exact) mass is 264 g/mol. The number of carbonyl (C=O) groups is 1. The number of allylic oxidation sites excluding steroid dienone is 1. The summed E-state index contributed by atoms with van der Waals surface area (Å²) in [4.78, 5) is 24.1. The normalized spacial score (nSPS) is 17.4. The first-order chi connectivity index (χ1) is 9.08. The third kappa shape index (κ3) is 4.85. The Kier molecular flexibility index (Phi) is 6.25. The number of guanidine groups is 1. The Labute approximate surface area is 115 Å². The van der Waals surface area contributed by atoms with Gasteiger partial charge in [-0.3, -0.25) is 4.79 Å². The zero-order valence-corrected chi connectivity index (χ0v) is 12.2. The summed E-state index contributed by atoms with van der Waals surface area (Å²) >= 11 is 0. The zero-order chi connectivity index (χ0) is 14.3. The summed E-state index contributed by atoms with van der Waals surface area (Å²) in [5.74, 6) is 1.29. The van der Waals surface area contributed by atoms with Gasteiger partial charge in [0.2, 0.25) is 11.9 Å². The van der Waals surface area contributed by atoms with E-state index in [0.717, 1.165) is 26.2 Å². The van der Waals surface area contributed by atoms with E-state index in [1.165, 1.54) is 0 Å². The lowest BCUT2D eigenvalue weighted by Gasteiger charge is -2.35. The number of hydrogen-bond donors (Lipinski definition) is 0. The minimum absolute atomic E-state index is 0.244. The standard InChI is InChI=1S/C14H24N4O/c1-5-6-16-14(15-4)18-9-7-17(8-10-18)13(19)11-12(2)3/h5-6,12H,4,7-11H2,1-3H3/b6-5-,16-14?. The van der Waals surface area contributed by atoms with Crippen molar-refractivity contribution in [1.82, 2.24) is 9.80 Å². The number of rotatable bonds is 3. The Morgan fingerprint density at radius 2 is 1.84 bits per heavy atom. The zero-order valence-electron chi connectivity index (χ0n) is 12.2. The first-order valence-electron chi connectivity index (χ1n) is 6.77. The van der Waals surface area contributed by atoms with E-state index >= 15 is 0 Å². The second-order valence-corrected chi connectivity index (χ2v) is 5.04. The molecule has 1 saturated heterocycles. The molecule has 0 aliphatic carbocycles. The maximum atomic E-state index is 12.0. The van der Waals surface area contributed by atoms with E-state index < -0.39 is 0 Å². The van der Waals surface area contributed by atoms with Gasteiger partial charge in [-0.1, -0.05) is 19.9 Å². The number of amides is 1. The Bertz CT molecular complexity index is 366. The summed E-state index contributed by atoms with van der Waals surface area (Å²) in [6.07, 6.45) is 4.19. The van der Waals surface area contributed by atoms with Gasteiger partial charge in [-0.15, -0.1) is 0 Å². The van der Waals surface area contributed by atoms with E-state index in [9.17, 15) is 4.79 Å². The van der Waals surface area contributed by atoms with E-state index in [4.69, 9.17) is 0 Å². The summed E-state index contributed by atoms with van der Waals surface area (Å²) in [6, 6.07) is 0. The largest absolute Gasteiger partial charge is 0.339 e. The van der Waals surface area contributed by atoms with E-state index in [1.807, 2.05) is 17.9 Å². The molecule has 19 heavy (non-hydrogen) atoms. The quantitative estimate of drug-likeness (QED) is 0.576. The van der Waals surface area contributed by atoms with Crippen molar-refractivity contribution in [2.75, 3.05) is 26.2 Å². The highest BCUT2D eigenvalue weighted by Crippen LogP contribution is 2.09. The summed E-state index contributed by atoms with van der Waals surface area (Å²) in [6.45, 7) is 12.6. The fraction of sp³-hybridized carbons (Fsp3) is 0.643. The molecule has 1 heterocycles. The molecule has 0 aromatic rings. The molecule has 0 N–H and O–H groups in total. The highest BCUT2D eigenvalue weighted by Gasteiger charge is 2.22. The molecular weight excluding hydrogens is 240 g/mol. The molecule has 5 nitrogen and oxygen atoms in total. The van der Waals surface area contributed by atoms with Gasteiger partial charge in [0, 0.05) is 38.8 Å². The van der Waals surface area contributed by atoms with E-state index in [0.29, 0.717) is 18.3 Å². The van der Waals surface area contributed by atoms with Crippen molar-refractivity contribution < 1.29 is 4.79 Å². The molecule has 0 radical (unpaired) electrons. The smallest absolute Gasteiger partial charge is 0.224 e. The highest BCUT2D eigenvalue weighted by atomic mass is 16.2. The van der Waals surface area contributed by atoms with Gasteiger partial charge in [-0.05, 0) is 19.6 Å². The number of piperazine rings is 1. The molecule has 0 bridgehead atoms. The molecule has 0 saturated carbocycles. The molecule has 1 aliphatic rings. The molecule has 0 spiro atoms. The molecule has 5 heteroatoms. The van der Waals surface area contributed by atoms with Crippen LogP contribution in [0.1, 0.15) is 27.2 Å². The van der Waals surface area contributed by atoms with Gasteiger partial charge >= 0.3 is 0 Å². The van der Waals surface area contributed by atoms with Crippen LogP contribution in [0.4, 0.5) is 0 Å². The predicted molar refractivity (Wildman–Crippen MR) is 79.4 cm³/mol. The Morgan fingerprint density at radius 3 is 2.32 bits per heavy atom. The molecule has 1 aliphatic heterocycles. The average Bonchev–Trinajstić information content (AvgIpc) is 2.39. The molecule has 0 atom stereocenters. The minimum atomic E-state index is 0.244. The van der Waals surface area contributed by atoms with Crippen LogP contribution < -0.4 is 0 Å². The first-order valence-corrected chi connectivity index (χ1v) is 6.77. The van der Waals surface area contributed by atoms with Crippen molar-refractivity contribution >= 4 is 18.6 Å². The Hall–Kier alpha value is -1.65. The second kappa shape index (κ2) is 7.71. The Morgan fingerprint density at radius 1 is 1.26 bits per heavy atom. The summed E-state index contributed by atoms with van der Waals surface area (Å²) in [5, 5.41) is 0. The van der Waals surface area contributed by atoms with Crippen molar-refractivity contribution in [1.29, 1.82) is 0 Å². The van der Waals surface area contributed by atoms with E-state index in [-0.39, 0.29) is 5.91 Å². The van der Waals surface area contributed by atoms with Gasteiger partial charge in [0.1, 0.15) is 0 Å². The summed E-state index contributed by atoms with van der Waals surface area (Å²) in [7, 11) is 0. The molecule has 106 valence electrons. The van der Waals surface area contributed by atoms with Gasteiger partial charge in [0.05, 0.1) is 0 Å². The summed E-state index contributed by atoms with van der Waals surface area (Å²) < 4.78 is 0. The van der Waals surface area contributed by atoms with Crippen molar-refractivity contribution in [3.8, 4) is 0 Å². The predicted octanol–water partition coefficient (Wildman–Crippen LogP) is 1.77. The van der Waals surface area contributed by atoms with Crippen molar-refractivity contribution in [2.24, 2.45) is 15.9 Å². The fourth-order valence-electron chi connectivity index (χ4n) is 2.00. The number of carbonyl (C=O) groups excluding carboxylic acids is 1. The van der Waals surface area contributed by atoms with Crippen LogP contribution in [0.5, 0.6) is 0 Å². The third-order valence-corrected chi connectivity index (χ3v) is 2.98. The van der Waals surface area contributed by atoms with Crippen molar-refractivity contribution in [2.45, 2.75) is 27.2 Å². The lowest BCUT2D eigenvalue weighted by atomic mass is 10.1. The van der Waals surface area contributed by atoms with Crippen LogP contribution in [0, 0.1) is 5.92 Å². The molecule has 1 amide bonds. The van der Waals surface area contributed by atoms with Crippen molar-refractivity contribution in [3.63, 3.8) is 0 Å². The third-order valence-electron chi connectivity index (χ3n) is 2.98. The lowest BCUT2D eigenvalue weighted by Crippen LogP contribution is -2.50. The van der Waals surface area contributed by atoms with E-state index in [2.05, 4.69) is 35.4 Å². The molecule has 0 aromatic carbocycles. The van der Waals surface area contributed by atoms with Crippen LogP contribution >= 0.6 is 0 Å². The number of hydrogen-bond acceptors (Lipinski definition) is 2. The topological polar surface area (TPSA) is 48.3 Å². The van der Waals surface area contributed by atoms with Crippen LogP contribution in [-0.2, 0) is 4.79 Å². The maximum Gasteiger partial charge on any atom is 0.224 e. The van der Waals surface area contributed by atoms with E-state index in [1.54, 1.807) is 6.20 Å². The molecule has 0 aromatic heterocycles. The van der Waals surface area contributed by atoms with Crippen LogP contribution in [0.15, 0.2) is 22.3 Å². The highest BCUT2D eigenvalue weighted by molar-refractivity contribution is 5.85. The van der Waals surface area contributed by atoms with Gasteiger partial charge in [0.25, 0.3) is 0 Å². The van der Waals surface area contributed by atoms with Crippen LogP contribution in [-0.4, -0.2) is 54.6 Å². The number of nitrogens with zero attached hydrogens (tertiary/aromatic N) is 4. The van der Waals surface area contributed by atoms with Crippen molar-refractivity contribution in [3.05, 3.63) is 12.3 Å². The van der Waals surface area contributed by atoms with Gasteiger partial charge in [-0.25, -0.2) is 9.98 Å². The SMILES string of the molecule is C=NC(=N/C=C\C)N1CCN(C(=O)CC(C)C)CC1. The Balaban J connectivity index is 2.52. The molecule has 0 unspecified atom stereocenters. The van der Waals surface area contributed by atoms with Gasteiger partial charge in [-0.2, -0.15) is 0 Å². The first kappa shape index (κ1) is 15.4. The lowest BCUT2D eigenvalue weighted by molar-refractivity contribution is -0.133. The van der Waals surface area contributed by atoms with Gasteiger partial charge < -0.3 is 9.80 Å². The fourth-order valence-corrected chi connectivity index (χ4v) is 2.00.